The molecule has 0 amide bonds. The Kier molecular flexibility index (Phi) is 4.45. The van der Waals surface area contributed by atoms with E-state index in [2.05, 4.69) is 15.9 Å². The van der Waals surface area contributed by atoms with E-state index in [1.165, 1.54) is 16.7 Å². The summed E-state index contributed by atoms with van der Waals surface area (Å²) in [6, 6.07) is 7.66. The molecule has 0 N–H and O–H groups in total. The van der Waals surface area contributed by atoms with Gasteiger partial charge < -0.3 is 4.57 Å². The minimum Gasteiger partial charge on any atom is -0.307 e. The van der Waals surface area contributed by atoms with Crippen molar-refractivity contribution < 1.29 is 4.79 Å². The molecule has 0 saturated heterocycles. The fourth-order valence-corrected chi connectivity index (χ4v) is 2.22. The summed E-state index contributed by atoms with van der Waals surface area (Å²) in [4.78, 5) is 23.7. The molecule has 3 nitrogen and oxygen atoms in total. The summed E-state index contributed by atoms with van der Waals surface area (Å²) >= 11 is 14.9. The van der Waals surface area contributed by atoms with Crippen LogP contribution in [0, 0.1) is 0 Å². The van der Waals surface area contributed by atoms with Crippen LogP contribution in [-0.2, 0) is 6.54 Å². The maximum Gasteiger partial charge on any atom is 0.251 e. The molecule has 2 aromatic rings. The van der Waals surface area contributed by atoms with E-state index < -0.39 is 0 Å². The minimum atomic E-state index is -0.239. The van der Waals surface area contributed by atoms with E-state index in [4.69, 9.17) is 23.2 Å². The van der Waals surface area contributed by atoms with Crippen molar-refractivity contribution in [1.82, 2.24) is 4.57 Å². The van der Waals surface area contributed by atoms with Gasteiger partial charge >= 0.3 is 0 Å². The van der Waals surface area contributed by atoms with Crippen LogP contribution in [0.3, 0.4) is 0 Å². The molecule has 1 heterocycles. The maximum atomic E-state index is 12.1. The molecular weight excluding hydrogens is 353 g/mol. The van der Waals surface area contributed by atoms with E-state index in [9.17, 15) is 9.59 Å². The van der Waals surface area contributed by atoms with Crippen molar-refractivity contribution >= 4 is 44.9 Å². The van der Waals surface area contributed by atoms with Crippen LogP contribution < -0.4 is 5.56 Å². The average molecular weight is 361 g/mol. The van der Waals surface area contributed by atoms with Gasteiger partial charge in [0.1, 0.15) is 0 Å². The molecule has 2 rings (SSSR count). The minimum absolute atomic E-state index is 0.0454. The molecule has 0 fully saturated rings. The van der Waals surface area contributed by atoms with Crippen LogP contribution in [0.5, 0.6) is 0 Å². The van der Waals surface area contributed by atoms with Crippen LogP contribution in [0.15, 0.2) is 45.8 Å². The highest BCUT2D eigenvalue weighted by Crippen LogP contribution is 2.22. The van der Waals surface area contributed by atoms with Crippen LogP contribution in [0.4, 0.5) is 0 Å². The fourth-order valence-electron chi connectivity index (χ4n) is 1.54. The average Bonchev–Trinajstić information content (AvgIpc) is 2.37. The Bertz CT molecular complexity index is 697. The van der Waals surface area contributed by atoms with Crippen molar-refractivity contribution in [2.45, 2.75) is 6.54 Å². The molecule has 0 spiro atoms. The molecular formula is C13H8BrCl2NO2. The highest BCUT2D eigenvalue weighted by molar-refractivity contribution is 9.10. The second-order valence-corrected chi connectivity index (χ2v) is 5.60. The Labute approximate surface area is 127 Å². The van der Waals surface area contributed by atoms with E-state index in [1.54, 1.807) is 24.4 Å². The number of halogens is 3. The number of benzene rings is 1. The van der Waals surface area contributed by atoms with Gasteiger partial charge in [-0.3, -0.25) is 9.59 Å². The number of aromatic nitrogens is 1. The number of Topliss-reactive ketones (excluding diaryl/α,β-unsaturated/α-hetero) is 1. The van der Waals surface area contributed by atoms with Crippen LogP contribution >= 0.6 is 39.1 Å². The standard InChI is InChI=1S/C13H8BrCl2NO2/c14-9-2-4-13(19)17(6-9)7-12(18)8-1-3-10(15)11(16)5-8/h1-6H,7H2. The van der Waals surface area contributed by atoms with E-state index in [1.807, 2.05) is 0 Å². The first-order valence-corrected chi connectivity index (χ1v) is 6.86. The van der Waals surface area contributed by atoms with E-state index >= 15 is 0 Å². The van der Waals surface area contributed by atoms with Gasteiger partial charge in [-0.05, 0) is 40.2 Å². The lowest BCUT2D eigenvalue weighted by atomic mass is 10.1. The summed E-state index contributed by atoms with van der Waals surface area (Å²) in [5, 5.41) is 0.701. The number of hydrogen-bond acceptors (Lipinski definition) is 2. The third-order valence-corrected chi connectivity index (χ3v) is 3.71. The molecule has 0 aliphatic carbocycles. The lowest BCUT2D eigenvalue weighted by molar-refractivity contribution is 0.0971. The van der Waals surface area contributed by atoms with Crippen LogP contribution in [0.1, 0.15) is 10.4 Å². The number of hydrogen-bond donors (Lipinski definition) is 0. The van der Waals surface area contributed by atoms with E-state index in [0.29, 0.717) is 15.6 Å². The molecule has 0 bridgehead atoms. The number of nitrogens with zero attached hydrogens (tertiary/aromatic N) is 1. The summed E-state index contributed by atoms with van der Waals surface area (Å²) in [6.45, 7) is -0.0454. The zero-order valence-corrected chi connectivity index (χ0v) is 12.7. The van der Waals surface area contributed by atoms with Crippen molar-refractivity contribution in [2.75, 3.05) is 0 Å². The first-order chi connectivity index (χ1) is 8.97. The predicted octanol–water partition coefficient (Wildman–Crippen LogP) is 3.80. The second kappa shape index (κ2) is 5.90. The number of carbonyl (C=O) groups is 1. The van der Waals surface area contributed by atoms with Gasteiger partial charge in [-0.25, -0.2) is 0 Å². The zero-order valence-electron chi connectivity index (χ0n) is 9.57. The lowest BCUT2D eigenvalue weighted by Crippen LogP contribution is -2.22. The van der Waals surface area contributed by atoms with Gasteiger partial charge in [-0.15, -0.1) is 0 Å². The Hall–Kier alpha value is -1.10. The van der Waals surface area contributed by atoms with E-state index in [-0.39, 0.29) is 17.9 Å². The monoisotopic (exact) mass is 359 g/mol. The largest absolute Gasteiger partial charge is 0.307 e. The zero-order chi connectivity index (χ0) is 14.0. The molecule has 0 aliphatic heterocycles. The summed E-state index contributed by atoms with van der Waals surface area (Å²) in [5.74, 6) is -0.209. The smallest absolute Gasteiger partial charge is 0.251 e. The van der Waals surface area contributed by atoms with Gasteiger partial charge in [0.15, 0.2) is 5.78 Å². The molecule has 98 valence electrons. The van der Waals surface area contributed by atoms with Crippen molar-refractivity contribution in [3.8, 4) is 0 Å². The number of carbonyl (C=O) groups excluding carboxylic acids is 1. The first kappa shape index (κ1) is 14.3. The molecule has 0 saturated carbocycles. The molecule has 0 aliphatic rings. The molecule has 0 unspecified atom stereocenters. The highest BCUT2D eigenvalue weighted by Gasteiger charge is 2.10. The van der Waals surface area contributed by atoms with Gasteiger partial charge in [0.2, 0.25) is 0 Å². The number of pyridine rings is 1. The van der Waals surface area contributed by atoms with Gasteiger partial charge in [0.25, 0.3) is 5.56 Å². The summed E-state index contributed by atoms with van der Waals surface area (Å²) in [5.41, 5.74) is 0.179. The van der Waals surface area contributed by atoms with Gasteiger partial charge in [0, 0.05) is 22.3 Å². The van der Waals surface area contributed by atoms with Gasteiger partial charge in [-0.1, -0.05) is 23.2 Å². The topological polar surface area (TPSA) is 39.1 Å². The molecule has 0 radical (unpaired) electrons. The fraction of sp³-hybridized carbons (Fsp3) is 0.0769. The second-order valence-electron chi connectivity index (χ2n) is 3.87. The number of ketones is 1. The van der Waals surface area contributed by atoms with Crippen LogP contribution in [0.25, 0.3) is 0 Å². The Morgan fingerprint density at radius 2 is 1.89 bits per heavy atom. The summed E-state index contributed by atoms with van der Waals surface area (Å²) in [6.07, 6.45) is 1.57. The first-order valence-electron chi connectivity index (χ1n) is 5.31. The third kappa shape index (κ3) is 3.47. The maximum absolute atomic E-state index is 12.1. The molecule has 1 aromatic heterocycles. The van der Waals surface area contributed by atoms with Crippen molar-refractivity contribution in [2.24, 2.45) is 0 Å². The van der Waals surface area contributed by atoms with Gasteiger partial charge in [-0.2, -0.15) is 0 Å². The van der Waals surface area contributed by atoms with Crippen LogP contribution in [-0.4, -0.2) is 10.4 Å². The Morgan fingerprint density at radius 3 is 2.58 bits per heavy atom. The molecule has 6 heteroatoms. The van der Waals surface area contributed by atoms with Crippen molar-refractivity contribution in [3.63, 3.8) is 0 Å². The lowest BCUT2D eigenvalue weighted by Gasteiger charge is -2.06. The van der Waals surface area contributed by atoms with Crippen LogP contribution in [0.2, 0.25) is 10.0 Å². The Morgan fingerprint density at radius 1 is 1.16 bits per heavy atom. The summed E-state index contributed by atoms with van der Waals surface area (Å²) < 4.78 is 2.06. The molecule has 19 heavy (non-hydrogen) atoms. The van der Waals surface area contributed by atoms with Crippen molar-refractivity contribution in [3.05, 3.63) is 67.0 Å². The predicted molar refractivity (Wildman–Crippen MR) is 79.2 cm³/mol. The normalized spacial score (nSPS) is 10.5. The van der Waals surface area contributed by atoms with Gasteiger partial charge in [0.05, 0.1) is 16.6 Å². The number of rotatable bonds is 3. The SMILES string of the molecule is O=C(Cn1cc(Br)ccc1=O)c1ccc(Cl)c(Cl)c1. The molecule has 1 aromatic carbocycles. The Balaban J connectivity index is 2.28. The quantitative estimate of drug-likeness (QED) is 0.781. The third-order valence-electron chi connectivity index (χ3n) is 2.50. The highest BCUT2D eigenvalue weighted by atomic mass is 79.9. The van der Waals surface area contributed by atoms with Crippen molar-refractivity contribution in [1.29, 1.82) is 0 Å². The summed E-state index contributed by atoms with van der Waals surface area (Å²) in [7, 11) is 0. The molecule has 0 atom stereocenters. The van der Waals surface area contributed by atoms with E-state index in [0.717, 1.165) is 4.47 Å².